The van der Waals surface area contributed by atoms with E-state index in [0.29, 0.717) is 31.6 Å². The van der Waals surface area contributed by atoms with Gasteiger partial charge >= 0.3 is 39.5 Å². The third kappa shape index (κ3) is 70.0. The highest BCUT2D eigenvalue weighted by Gasteiger charge is 2.30. The van der Waals surface area contributed by atoms with Gasteiger partial charge in [-0.15, -0.1) is 0 Å². The summed E-state index contributed by atoms with van der Waals surface area (Å²) in [4.78, 5) is 72.8. The van der Waals surface area contributed by atoms with E-state index in [1.165, 1.54) is 161 Å². The number of carbonyl (C=O) groups excluding carboxylic acids is 4. The van der Waals surface area contributed by atoms with E-state index in [2.05, 4.69) is 72.8 Å². The van der Waals surface area contributed by atoms with Crippen LogP contribution in [0.25, 0.3) is 0 Å². The number of allylic oxidation sites excluding steroid dienone is 4. The molecule has 0 heterocycles. The number of hydrogen-bond acceptors (Lipinski definition) is 15. The van der Waals surface area contributed by atoms with Gasteiger partial charge in [0.05, 0.1) is 26.4 Å². The predicted octanol–water partition coefficient (Wildman–Crippen LogP) is 22.1. The zero-order chi connectivity index (χ0) is 70.9. The third-order valence-electron chi connectivity index (χ3n) is 17.3. The summed E-state index contributed by atoms with van der Waals surface area (Å²) in [5, 5.41) is 10.6. The summed E-state index contributed by atoms with van der Waals surface area (Å²) < 4.78 is 68.5. The Labute approximate surface area is 586 Å². The molecule has 0 aromatic carbocycles. The number of phosphoric acid groups is 2. The molecule has 17 nitrogen and oxygen atoms in total. The van der Waals surface area contributed by atoms with Crippen molar-refractivity contribution < 1.29 is 80.2 Å². The molecule has 0 aromatic heterocycles. The molecule has 0 saturated carbocycles. The van der Waals surface area contributed by atoms with Crippen LogP contribution in [0.4, 0.5) is 0 Å². The normalized spacial score (nSPS) is 14.2. The molecule has 0 amide bonds. The Morgan fingerprint density at radius 2 is 0.562 bits per heavy atom. The van der Waals surface area contributed by atoms with Crippen molar-refractivity contribution in [2.45, 2.75) is 388 Å². The van der Waals surface area contributed by atoms with Gasteiger partial charge < -0.3 is 33.8 Å². The number of rotatable bonds is 73. The standard InChI is InChI=1S/C77H146O17P2/c1-8-9-10-11-12-13-14-15-17-22-27-32-37-46-53-60-76(81)94-73(65-88-75(80)59-52-45-40-39-43-50-57-70(6)7)67-92-96(85,86)90-63-71(78)62-89-95(83,84)91-66-72(93-77(82)61-54-47-38-33-28-23-25-30-35-42-49-56-69(4)5)64-87-74(79)58-51-44-36-31-26-21-19-16-18-20-24-29-34-41-48-55-68(2)3/h13-15,17,68-73,78H,8-12,16,18-67H2,1-7H3,(H,83,84)(H,85,86)/b14-13-,17-15-/t71-,72-,73-/m1/s1. The largest absolute Gasteiger partial charge is 0.472 e. The third-order valence-corrected chi connectivity index (χ3v) is 19.2. The molecular weight excluding hydrogens is 1260 g/mol. The lowest BCUT2D eigenvalue weighted by Crippen LogP contribution is -2.30. The SMILES string of the molecule is CCCCCC/C=C\C=C/CCCCCCCC(=O)O[C@H](COC(=O)CCCCCCCCC(C)C)COP(=O)(O)OC[C@H](O)COP(=O)(O)OC[C@@H](COC(=O)CCCCCCCCCCCCCCCCCC(C)C)OC(=O)CCCCCCCCCCCCCC(C)C. The summed E-state index contributed by atoms with van der Waals surface area (Å²) in [6.07, 6.45) is 56.5. The molecule has 0 bridgehead atoms. The monoisotopic (exact) mass is 1410 g/mol. The number of aliphatic hydroxyl groups excluding tert-OH is 1. The van der Waals surface area contributed by atoms with E-state index in [1.54, 1.807) is 0 Å². The first-order valence-corrected chi connectivity index (χ1v) is 42.2. The minimum Gasteiger partial charge on any atom is -0.462 e. The van der Waals surface area contributed by atoms with Gasteiger partial charge in [-0.25, -0.2) is 9.13 Å². The van der Waals surface area contributed by atoms with Gasteiger partial charge in [0, 0.05) is 25.7 Å². The zero-order valence-electron chi connectivity index (χ0n) is 62.3. The van der Waals surface area contributed by atoms with Crippen molar-refractivity contribution in [1.82, 2.24) is 0 Å². The first-order chi connectivity index (χ1) is 46.2. The highest BCUT2D eigenvalue weighted by molar-refractivity contribution is 7.47. The molecule has 566 valence electrons. The van der Waals surface area contributed by atoms with Crippen molar-refractivity contribution in [1.29, 1.82) is 0 Å². The second kappa shape index (κ2) is 67.1. The van der Waals surface area contributed by atoms with E-state index in [9.17, 15) is 43.2 Å². The van der Waals surface area contributed by atoms with E-state index in [-0.39, 0.29) is 25.7 Å². The van der Waals surface area contributed by atoms with Crippen LogP contribution in [0, 0.1) is 17.8 Å². The van der Waals surface area contributed by atoms with Crippen LogP contribution in [0.5, 0.6) is 0 Å². The lowest BCUT2D eigenvalue weighted by molar-refractivity contribution is -0.161. The minimum atomic E-state index is -4.96. The number of esters is 4. The Balaban J connectivity index is 5.26. The molecule has 0 spiro atoms. The molecule has 19 heteroatoms. The van der Waals surface area contributed by atoms with Crippen molar-refractivity contribution in [3.63, 3.8) is 0 Å². The lowest BCUT2D eigenvalue weighted by atomic mass is 10.0. The molecule has 0 aromatic rings. The second-order valence-corrected chi connectivity index (χ2v) is 31.4. The van der Waals surface area contributed by atoms with Gasteiger partial charge in [-0.05, 0) is 69.1 Å². The van der Waals surface area contributed by atoms with Crippen molar-refractivity contribution in [3.8, 4) is 0 Å². The Kier molecular flexibility index (Phi) is 65.3. The smallest absolute Gasteiger partial charge is 0.462 e. The Morgan fingerprint density at radius 1 is 0.323 bits per heavy atom. The molecular formula is C77H146O17P2. The van der Waals surface area contributed by atoms with Gasteiger partial charge in [-0.2, -0.15) is 0 Å². The van der Waals surface area contributed by atoms with Crippen molar-refractivity contribution in [3.05, 3.63) is 24.3 Å². The van der Waals surface area contributed by atoms with Gasteiger partial charge in [0.15, 0.2) is 12.2 Å². The van der Waals surface area contributed by atoms with E-state index < -0.39 is 97.5 Å². The molecule has 3 N–H and O–H groups in total. The molecule has 5 atom stereocenters. The summed E-state index contributed by atoms with van der Waals surface area (Å²) in [5.41, 5.74) is 0. The van der Waals surface area contributed by atoms with Crippen LogP contribution in [0.2, 0.25) is 0 Å². The number of hydrogen-bond donors (Lipinski definition) is 3. The van der Waals surface area contributed by atoms with Gasteiger partial charge in [0.1, 0.15) is 19.3 Å². The quantitative estimate of drug-likeness (QED) is 0.0169. The van der Waals surface area contributed by atoms with Gasteiger partial charge in [0.25, 0.3) is 0 Å². The first kappa shape index (κ1) is 93.5. The molecule has 0 fully saturated rings. The summed E-state index contributed by atoms with van der Waals surface area (Å²) in [6, 6.07) is 0. The fourth-order valence-electron chi connectivity index (χ4n) is 11.2. The van der Waals surface area contributed by atoms with Crippen LogP contribution >= 0.6 is 15.6 Å². The molecule has 96 heavy (non-hydrogen) atoms. The average molecular weight is 1410 g/mol. The fourth-order valence-corrected chi connectivity index (χ4v) is 12.8. The molecule has 0 rings (SSSR count). The van der Waals surface area contributed by atoms with Crippen LogP contribution in [0.15, 0.2) is 24.3 Å². The predicted molar refractivity (Wildman–Crippen MR) is 390 cm³/mol. The summed E-state index contributed by atoms with van der Waals surface area (Å²) in [5.74, 6) is 0.0954. The zero-order valence-corrected chi connectivity index (χ0v) is 64.1. The van der Waals surface area contributed by atoms with E-state index in [4.69, 9.17) is 37.0 Å². The van der Waals surface area contributed by atoms with Crippen LogP contribution < -0.4 is 0 Å². The Bertz CT molecular complexity index is 1960. The summed E-state index contributed by atoms with van der Waals surface area (Å²) in [7, 11) is -9.93. The molecule has 0 saturated heterocycles. The van der Waals surface area contributed by atoms with Crippen molar-refractivity contribution in [2.24, 2.45) is 17.8 Å². The van der Waals surface area contributed by atoms with Crippen LogP contribution in [-0.2, 0) is 65.4 Å². The maximum absolute atomic E-state index is 13.1. The van der Waals surface area contributed by atoms with Gasteiger partial charge in [-0.3, -0.25) is 37.3 Å². The minimum absolute atomic E-state index is 0.0837. The molecule has 0 radical (unpaired) electrons. The van der Waals surface area contributed by atoms with E-state index >= 15 is 0 Å². The van der Waals surface area contributed by atoms with Crippen LogP contribution in [-0.4, -0.2) is 96.7 Å². The first-order valence-electron chi connectivity index (χ1n) is 39.2. The maximum Gasteiger partial charge on any atom is 0.472 e. The Morgan fingerprint density at radius 3 is 0.844 bits per heavy atom. The summed E-state index contributed by atoms with van der Waals surface area (Å²) in [6.45, 7) is 11.8. The van der Waals surface area contributed by atoms with Crippen molar-refractivity contribution >= 4 is 39.5 Å². The lowest BCUT2D eigenvalue weighted by Gasteiger charge is -2.21. The Hall–Kier alpha value is -2.46. The van der Waals surface area contributed by atoms with Crippen LogP contribution in [0.1, 0.15) is 370 Å². The van der Waals surface area contributed by atoms with E-state index in [1.807, 2.05) is 0 Å². The highest BCUT2D eigenvalue weighted by atomic mass is 31.2. The molecule has 0 aliphatic carbocycles. The number of ether oxygens (including phenoxy) is 4. The number of aliphatic hydroxyl groups is 1. The highest BCUT2D eigenvalue weighted by Crippen LogP contribution is 2.45. The fraction of sp³-hybridized carbons (Fsp3) is 0.896. The number of carbonyl (C=O) groups is 4. The summed E-state index contributed by atoms with van der Waals surface area (Å²) >= 11 is 0. The van der Waals surface area contributed by atoms with Crippen LogP contribution in [0.3, 0.4) is 0 Å². The number of unbranched alkanes of at least 4 members (excludes halogenated alkanes) is 38. The van der Waals surface area contributed by atoms with E-state index in [0.717, 1.165) is 121 Å². The molecule has 2 unspecified atom stereocenters. The van der Waals surface area contributed by atoms with Crippen molar-refractivity contribution in [2.75, 3.05) is 39.6 Å². The number of phosphoric ester groups is 2. The molecule has 0 aliphatic rings. The average Bonchev–Trinajstić information content (AvgIpc) is 2.04. The van der Waals surface area contributed by atoms with Gasteiger partial charge in [0.2, 0.25) is 0 Å². The molecule has 0 aliphatic heterocycles. The second-order valence-electron chi connectivity index (χ2n) is 28.5. The topological polar surface area (TPSA) is 237 Å². The van der Waals surface area contributed by atoms with Gasteiger partial charge in [-0.1, -0.05) is 317 Å². The maximum atomic E-state index is 13.1.